The normalized spacial score (nSPS) is 13.2. The van der Waals surface area contributed by atoms with Gasteiger partial charge in [-0.15, -0.1) is 0 Å². The van der Waals surface area contributed by atoms with Crippen molar-refractivity contribution in [3.05, 3.63) is 29.0 Å². The van der Waals surface area contributed by atoms with Gasteiger partial charge in [0, 0.05) is 17.8 Å². The van der Waals surface area contributed by atoms with E-state index >= 15 is 0 Å². The molecule has 98 valence electrons. The van der Waals surface area contributed by atoms with Crippen LogP contribution in [0.15, 0.2) is 23.2 Å². The Labute approximate surface area is 110 Å². The number of hydrogen-bond acceptors (Lipinski definition) is 3. The highest BCUT2D eigenvalue weighted by molar-refractivity contribution is 6.31. The molecule has 4 nitrogen and oxygen atoms in total. The lowest BCUT2D eigenvalue weighted by Crippen LogP contribution is -2.22. The summed E-state index contributed by atoms with van der Waals surface area (Å²) in [5.41, 5.74) is 1.23. The van der Waals surface area contributed by atoms with Gasteiger partial charge in [-0.05, 0) is 24.6 Å². The van der Waals surface area contributed by atoms with Crippen LogP contribution in [0.1, 0.15) is 19.8 Å². The second-order valence-electron chi connectivity index (χ2n) is 3.67. The molecule has 1 unspecified atom stereocenters. The summed E-state index contributed by atoms with van der Waals surface area (Å²) in [5.74, 6) is -0.503. The van der Waals surface area contributed by atoms with Crippen LogP contribution in [-0.4, -0.2) is 23.4 Å². The summed E-state index contributed by atoms with van der Waals surface area (Å²) in [4.78, 5) is 3.83. The first-order chi connectivity index (χ1) is 8.56. The van der Waals surface area contributed by atoms with Gasteiger partial charge in [-0.25, -0.2) is 9.38 Å². The third-order valence-electron chi connectivity index (χ3n) is 2.34. The van der Waals surface area contributed by atoms with Crippen LogP contribution in [0.3, 0.4) is 0 Å². The first-order valence-electron chi connectivity index (χ1n) is 5.51. The molecule has 1 aromatic carbocycles. The van der Waals surface area contributed by atoms with E-state index in [2.05, 4.69) is 10.3 Å². The fourth-order valence-electron chi connectivity index (χ4n) is 1.43. The fourth-order valence-corrected chi connectivity index (χ4v) is 1.61. The highest BCUT2D eigenvalue weighted by Gasteiger charge is 2.08. The van der Waals surface area contributed by atoms with Crippen LogP contribution in [0.4, 0.5) is 10.1 Å². The first kappa shape index (κ1) is 14.6. The van der Waals surface area contributed by atoms with Crippen molar-refractivity contribution >= 4 is 29.3 Å². The van der Waals surface area contributed by atoms with E-state index in [4.69, 9.17) is 17.0 Å². The summed E-state index contributed by atoms with van der Waals surface area (Å²) >= 11 is 5.63. The molecule has 0 amide bonds. The molecular weight excluding hydrogens is 257 g/mol. The lowest BCUT2D eigenvalue weighted by molar-refractivity contribution is 0.211. The number of nitrogens with one attached hydrogen (secondary N) is 2. The highest BCUT2D eigenvalue weighted by atomic mass is 35.5. The van der Waals surface area contributed by atoms with Crippen LogP contribution < -0.4 is 5.32 Å². The Hall–Kier alpha value is -1.46. The van der Waals surface area contributed by atoms with Gasteiger partial charge in [0.2, 0.25) is 0 Å². The second-order valence-corrected chi connectivity index (χ2v) is 4.08. The lowest BCUT2D eigenvalue weighted by Gasteiger charge is -2.15. The smallest absolute Gasteiger partial charge is 0.141 e. The van der Waals surface area contributed by atoms with Gasteiger partial charge >= 0.3 is 0 Å². The quantitative estimate of drug-likeness (QED) is 0.423. The molecule has 0 heterocycles. The number of anilines is 1. The minimum absolute atomic E-state index is 0.00364. The Kier molecular flexibility index (Phi) is 5.74. The summed E-state index contributed by atoms with van der Waals surface area (Å²) < 4.78 is 12.9. The van der Waals surface area contributed by atoms with Crippen molar-refractivity contribution in [3.63, 3.8) is 0 Å². The predicted molar refractivity (Wildman–Crippen MR) is 72.2 cm³/mol. The van der Waals surface area contributed by atoms with Crippen LogP contribution in [0.5, 0.6) is 0 Å². The van der Waals surface area contributed by atoms with Gasteiger partial charge in [-0.1, -0.05) is 18.5 Å². The number of aliphatic imine (C=N–C) groups is 1. The summed E-state index contributed by atoms with van der Waals surface area (Å²) in [5, 5.41) is 19.4. The van der Waals surface area contributed by atoms with Gasteiger partial charge in [0.15, 0.2) is 0 Å². The first-order valence-corrected chi connectivity index (χ1v) is 5.88. The molecule has 0 aliphatic rings. The number of aliphatic hydroxyl groups is 1. The Morgan fingerprint density at radius 3 is 2.94 bits per heavy atom. The highest BCUT2D eigenvalue weighted by Crippen LogP contribution is 2.20. The van der Waals surface area contributed by atoms with Crippen LogP contribution >= 0.6 is 11.6 Å². The number of aliphatic hydroxyl groups excluding tert-OH is 1. The van der Waals surface area contributed by atoms with E-state index in [1.54, 1.807) is 0 Å². The second kappa shape index (κ2) is 7.08. The molecule has 0 spiro atoms. The van der Waals surface area contributed by atoms with Crippen LogP contribution in [0, 0.1) is 11.2 Å². The molecule has 6 heteroatoms. The lowest BCUT2D eigenvalue weighted by atomic mass is 10.2. The Bertz CT molecular complexity index is 451. The van der Waals surface area contributed by atoms with Gasteiger partial charge in [0.1, 0.15) is 18.4 Å². The average Bonchev–Trinajstić information content (AvgIpc) is 2.33. The zero-order valence-corrected chi connectivity index (χ0v) is 10.7. The SMILES string of the molecule is CC/C(CC(O)Nc1ccc(F)c(Cl)c1)=N\C=N. The molecule has 0 saturated heterocycles. The number of hydrogen-bond donors (Lipinski definition) is 3. The number of nitrogens with zero attached hydrogens (tertiary/aromatic N) is 1. The summed E-state index contributed by atoms with van der Waals surface area (Å²) in [6, 6.07) is 4.12. The third kappa shape index (κ3) is 4.43. The van der Waals surface area contributed by atoms with Gasteiger partial charge in [-0.3, -0.25) is 5.41 Å². The minimum Gasteiger partial charge on any atom is -0.373 e. The Morgan fingerprint density at radius 1 is 1.67 bits per heavy atom. The molecule has 1 rings (SSSR count). The van der Waals surface area contributed by atoms with E-state index in [0.29, 0.717) is 24.2 Å². The Balaban J connectivity index is 2.63. The molecule has 1 atom stereocenters. The molecular formula is C12H15ClFN3O. The van der Waals surface area contributed by atoms with Gasteiger partial charge < -0.3 is 10.4 Å². The van der Waals surface area contributed by atoms with Gasteiger partial charge in [-0.2, -0.15) is 0 Å². The van der Waals surface area contributed by atoms with Crippen molar-refractivity contribution in [1.29, 1.82) is 5.41 Å². The van der Waals surface area contributed by atoms with Crippen molar-refractivity contribution in [2.24, 2.45) is 4.99 Å². The summed E-state index contributed by atoms with van der Waals surface area (Å²) in [6.45, 7) is 1.89. The van der Waals surface area contributed by atoms with E-state index in [1.807, 2.05) is 6.92 Å². The number of halogens is 2. The van der Waals surface area contributed by atoms with Crippen LogP contribution in [0.25, 0.3) is 0 Å². The van der Waals surface area contributed by atoms with Gasteiger partial charge in [0.25, 0.3) is 0 Å². The number of benzene rings is 1. The topological polar surface area (TPSA) is 68.5 Å². The van der Waals surface area contributed by atoms with Crippen LogP contribution in [0.2, 0.25) is 5.02 Å². The maximum atomic E-state index is 12.9. The molecule has 0 radical (unpaired) electrons. The van der Waals surface area contributed by atoms with Crippen molar-refractivity contribution in [3.8, 4) is 0 Å². The molecule has 0 fully saturated rings. The average molecular weight is 272 g/mol. The molecule has 0 bridgehead atoms. The monoisotopic (exact) mass is 271 g/mol. The fraction of sp³-hybridized carbons (Fsp3) is 0.333. The van der Waals surface area contributed by atoms with Crippen molar-refractivity contribution in [1.82, 2.24) is 0 Å². The number of rotatable bonds is 6. The van der Waals surface area contributed by atoms with Crippen molar-refractivity contribution in [2.75, 3.05) is 5.32 Å². The maximum Gasteiger partial charge on any atom is 0.141 e. The minimum atomic E-state index is -0.856. The van der Waals surface area contributed by atoms with E-state index in [1.165, 1.54) is 18.2 Å². The zero-order valence-electron chi connectivity index (χ0n) is 9.95. The van der Waals surface area contributed by atoms with E-state index in [9.17, 15) is 9.50 Å². The molecule has 0 aliphatic heterocycles. The maximum absolute atomic E-state index is 12.9. The summed E-state index contributed by atoms with van der Waals surface area (Å²) in [7, 11) is 0. The largest absolute Gasteiger partial charge is 0.373 e. The molecule has 0 aliphatic carbocycles. The van der Waals surface area contributed by atoms with Crippen molar-refractivity contribution < 1.29 is 9.50 Å². The molecule has 3 N–H and O–H groups in total. The zero-order chi connectivity index (χ0) is 13.5. The van der Waals surface area contributed by atoms with Gasteiger partial charge in [0.05, 0.1) is 5.02 Å². The van der Waals surface area contributed by atoms with Crippen LogP contribution in [-0.2, 0) is 0 Å². The van der Waals surface area contributed by atoms with E-state index in [-0.39, 0.29) is 5.02 Å². The molecule has 0 saturated carbocycles. The van der Waals surface area contributed by atoms with E-state index < -0.39 is 12.0 Å². The predicted octanol–water partition coefficient (Wildman–Crippen LogP) is 3.06. The molecule has 0 aromatic heterocycles. The Morgan fingerprint density at radius 2 is 2.39 bits per heavy atom. The molecule has 1 aromatic rings. The molecule has 18 heavy (non-hydrogen) atoms. The van der Waals surface area contributed by atoms with E-state index in [0.717, 1.165) is 6.34 Å². The standard InChI is InChI=1S/C12H15ClFN3O/c1-2-8(16-7-15)6-12(18)17-9-3-4-11(14)10(13)5-9/h3-5,7,12,15,17-18H,2,6H2,1H3/b15-7?,16-8+. The van der Waals surface area contributed by atoms with Crippen molar-refractivity contribution in [2.45, 2.75) is 26.0 Å². The summed E-state index contributed by atoms with van der Waals surface area (Å²) in [6.07, 6.45) is 1.03. The third-order valence-corrected chi connectivity index (χ3v) is 2.63.